The summed E-state index contributed by atoms with van der Waals surface area (Å²) in [5.41, 5.74) is 0.956. The molecule has 0 spiro atoms. The third-order valence-electron chi connectivity index (χ3n) is 2.53. The molecule has 1 aromatic rings. The summed E-state index contributed by atoms with van der Waals surface area (Å²) in [5, 5.41) is 6.51. The number of rotatable bonds is 7. The van der Waals surface area contributed by atoms with Crippen molar-refractivity contribution in [3.63, 3.8) is 0 Å². The van der Waals surface area contributed by atoms with Crippen molar-refractivity contribution in [2.24, 2.45) is 5.92 Å². The fourth-order valence-corrected chi connectivity index (χ4v) is 1.73. The van der Waals surface area contributed by atoms with Gasteiger partial charge in [0.2, 0.25) is 0 Å². The van der Waals surface area contributed by atoms with Crippen LogP contribution in [0.2, 0.25) is 5.02 Å². The van der Waals surface area contributed by atoms with E-state index in [-0.39, 0.29) is 12.5 Å². The molecule has 0 saturated heterocycles. The molecule has 0 bridgehead atoms. The van der Waals surface area contributed by atoms with Gasteiger partial charge in [-0.05, 0) is 30.7 Å². The van der Waals surface area contributed by atoms with Crippen molar-refractivity contribution >= 4 is 17.5 Å². The predicted molar refractivity (Wildman–Crippen MR) is 77.6 cm³/mol. The summed E-state index contributed by atoms with van der Waals surface area (Å²) in [6.07, 6.45) is 0. The van der Waals surface area contributed by atoms with Gasteiger partial charge in [0.05, 0.1) is 0 Å². The minimum Gasteiger partial charge on any atom is -0.483 e. The van der Waals surface area contributed by atoms with Crippen molar-refractivity contribution in [2.45, 2.75) is 20.4 Å². The van der Waals surface area contributed by atoms with Gasteiger partial charge >= 0.3 is 0 Å². The first-order valence-electron chi connectivity index (χ1n) is 6.35. The number of hydrogen-bond donors (Lipinski definition) is 2. The minimum absolute atomic E-state index is 0.00924. The first-order valence-corrected chi connectivity index (χ1v) is 6.73. The Morgan fingerprint density at radius 3 is 2.79 bits per heavy atom. The van der Waals surface area contributed by atoms with Gasteiger partial charge in [-0.3, -0.25) is 4.79 Å². The van der Waals surface area contributed by atoms with Crippen molar-refractivity contribution < 1.29 is 9.53 Å². The lowest BCUT2D eigenvalue weighted by atomic mass is 10.2. The summed E-state index contributed by atoms with van der Waals surface area (Å²) in [7, 11) is 1.58. The van der Waals surface area contributed by atoms with Crippen LogP contribution in [0, 0.1) is 5.92 Å². The average molecular weight is 285 g/mol. The highest BCUT2D eigenvalue weighted by Crippen LogP contribution is 2.22. The smallest absolute Gasteiger partial charge is 0.257 e. The van der Waals surface area contributed by atoms with Crippen LogP contribution in [0.1, 0.15) is 19.4 Å². The largest absolute Gasteiger partial charge is 0.483 e. The molecule has 0 fully saturated rings. The third-order valence-corrected chi connectivity index (χ3v) is 2.76. The lowest BCUT2D eigenvalue weighted by molar-refractivity contribution is -0.122. The zero-order valence-electron chi connectivity index (χ0n) is 11.6. The number of hydrogen-bond acceptors (Lipinski definition) is 3. The number of likely N-dealkylation sites (N-methyl/N-ethyl adjacent to an activating group) is 1. The Morgan fingerprint density at radius 1 is 1.42 bits per heavy atom. The van der Waals surface area contributed by atoms with Crippen molar-refractivity contribution in [3.8, 4) is 5.75 Å². The normalized spacial score (nSPS) is 10.6. The van der Waals surface area contributed by atoms with Crippen LogP contribution in [0.5, 0.6) is 5.75 Å². The monoisotopic (exact) mass is 284 g/mol. The van der Waals surface area contributed by atoms with Gasteiger partial charge in [-0.2, -0.15) is 0 Å². The maximum Gasteiger partial charge on any atom is 0.257 e. The summed E-state index contributed by atoms with van der Waals surface area (Å²) >= 11 is 5.99. The molecule has 0 heterocycles. The third kappa shape index (κ3) is 5.94. The quantitative estimate of drug-likeness (QED) is 0.807. The van der Waals surface area contributed by atoms with Crippen molar-refractivity contribution in [1.29, 1.82) is 0 Å². The highest BCUT2D eigenvalue weighted by molar-refractivity contribution is 6.30. The van der Waals surface area contributed by atoms with Crippen molar-refractivity contribution in [1.82, 2.24) is 10.6 Å². The Kier molecular flexibility index (Phi) is 6.67. The molecule has 0 atom stereocenters. The SMILES string of the molecule is CNC(=O)COc1ccc(Cl)cc1CNCC(C)C. The average Bonchev–Trinajstić information content (AvgIpc) is 2.37. The van der Waals surface area contributed by atoms with E-state index in [4.69, 9.17) is 16.3 Å². The molecular weight excluding hydrogens is 264 g/mol. The van der Waals surface area contributed by atoms with E-state index < -0.39 is 0 Å². The minimum atomic E-state index is -0.156. The van der Waals surface area contributed by atoms with Crippen LogP contribution in [0.25, 0.3) is 0 Å². The van der Waals surface area contributed by atoms with E-state index in [1.807, 2.05) is 6.07 Å². The number of amides is 1. The van der Waals surface area contributed by atoms with Crippen LogP contribution in [0.3, 0.4) is 0 Å². The van der Waals surface area contributed by atoms with Gasteiger partial charge < -0.3 is 15.4 Å². The van der Waals surface area contributed by atoms with E-state index in [2.05, 4.69) is 24.5 Å². The van der Waals surface area contributed by atoms with Gasteiger partial charge in [-0.15, -0.1) is 0 Å². The number of benzene rings is 1. The summed E-state index contributed by atoms with van der Waals surface area (Å²) in [4.78, 5) is 11.2. The Hall–Kier alpha value is -1.26. The summed E-state index contributed by atoms with van der Waals surface area (Å²) < 4.78 is 5.49. The highest BCUT2D eigenvalue weighted by Gasteiger charge is 2.07. The van der Waals surface area contributed by atoms with Crippen LogP contribution in [0.15, 0.2) is 18.2 Å². The summed E-state index contributed by atoms with van der Waals surface area (Å²) in [6, 6.07) is 5.40. The summed E-state index contributed by atoms with van der Waals surface area (Å²) in [6.45, 7) is 5.89. The van der Waals surface area contributed by atoms with E-state index in [0.29, 0.717) is 23.2 Å². The Balaban J connectivity index is 2.65. The van der Waals surface area contributed by atoms with E-state index >= 15 is 0 Å². The Morgan fingerprint density at radius 2 is 2.16 bits per heavy atom. The lowest BCUT2D eigenvalue weighted by Crippen LogP contribution is -2.25. The summed E-state index contributed by atoms with van der Waals surface area (Å²) in [5.74, 6) is 1.11. The molecule has 0 aromatic heterocycles. The molecule has 0 aliphatic rings. The molecule has 2 N–H and O–H groups in total. The van der Waals surface area contributed by atoms with Gasteiger partial charge in [0.15, 0.2) is 6.61 Å². The molecule has 1 rings (SSSR count). The van der Waals surface area contributed by atoms with Gasteiger partial charge in [-0.25, -0.2) is 0 Å². The Bertz CT molecular complexity index is 422. The second-order valence-electron chi connectivity index (χ2n) is 4.74. The highest BCUT2D eigenvalue weighted by atomic mass is 35.5. The molecule has 106 valence electrons. The molecule has 0 saturated carbocycles. The molecule has 0 aliphatic carbocycles. The molecule has 0 unspecified atom stereocenters. The number of nitrogens with one attached hydrogen (secondary N) is 2. The molecule has 0 radical (unpaired) electrons. The zero-order valence-corrected chi connectivity index (χ0v) is 12.4. The maximum atomic E-state index is 11.2. The van der Waals surface area contributed by atoms with Crippen LogP contribution in [0.4, 0.5) is 0 Å². The topological polar surface area (TPSA) is 50.4 Å². The molecule has 5 heteroatoms. The second-order valence-corrected chi connectivity index (χ2v) is 5.18. The van der Waals surface area contributed by atoms with Crippen LogP contribution in [-0.4, -0.2) is 26.1 Å². The van der Waals surface area contributed by atoms with E-state index in [9.17, 15) is 4.79 Å². The molecule has 1 aromatic carbocycles. The second kappa shape index (κ2) is 8.02. The maximum absolute atomic E-state index is 11.2. The van der Waals surface area contributed by atoms with Gasteiger partial charge in [-0.1, -0.05) is 25.4 Å². The van der Waals surface area contributed by atoms with Crippen LogP contribution < -0.4 is 15.4 Å². The lowest BCUT2D eigenvalue weighted by Gasteiger charge is -2.13. The van der Waals surface area contributed by atoms with Crippen molar-refractivity contribution in [3.05, 3.63) is 28.8 Å². The predicted octanol–water partition coefficient (Wildman–Crippen LogP) is 2.21. The Labute approximate surface area is 119 Å². The first-order chi connectivity index (χ1) is 9.02. The molecular formula is C14H21ClN2O2. The van der Waals surface area contributed by atoms with E-state index in [1.54, 1.807) is 19.2 Å². The fraction of sp³-hybridized carbons (Fsp3) is 0.500. The van der Waals surface area contributed by atoms with E-state index in [1.165, 1.54) is 0 Å². The molecule has 1 amide bonds. The van der Waals surface area contributed by atoms with Crippen LogP contribution >= 0.6 is 11.6 Å². The van der Waals surface area contributed by atoms with Crippen LogP contribution in [-0.2, 0) is 11.3 Å². The number of ether oxygens (including phenoxy) is 1. The van der Waals surface area contributed by atoms with E-state index in [0.717, 1.165) is 12.1 Å². The first kappa shape index (κ1) is 15.8. The molecule has 0 aliphatic heterocycles. The molecule has 19 heavy (non-hydrogen) atoms. The van der Waals surface area contributed by atoms with Gasteiger partial charge in [0, 0.05) is 24.2 Å². The number of carbonyl (C=O) groups excluding carboxylic acids is 1. The standard InChI is InChI=1S/C14H21ClN2O2/c1-10(2)7-17-8-11-6-12(15)4-5-13(11)19-9-14(18)16-3/h4-6,10,17H,7-9H2,1-3H3,(H,16,18). The van der Waals surface area contributed by atoms with Gasteiger partial charge in [0.25, 0.3) is 5.91 Å². The number of carbonyl (C=O) groups is 1. The van der Waals surface area contributed by atoms with Gasteiger partial charge in [0.1, 0.15) is 5.75 Å². The van der Waals surface area contributed by atoms with Crippen molar-refractivity contribution in [2.75, 3.05) is 20.2 Å². The number of halogens is 1. The zero-order chi connectivity index (χ0) is 14.3. The fourth-order valence-electron chi connectivity index (χ4n) is 1.54. The molecule has 4 nitrogen and oxygen atoms in total.